The molecule has 0 radical (unpaired) electrons. The first-order valence-corrected chi connectivity index (χ1v) is 9.60. The minimum Gasteiger partial charge on any atom is -0.490 e. The summed E-state index contributed by atoms with van der Waals surface area (Å²) in [5.41, 5.74) is 1.85. The Hall–Kier alpha value is -2.64. The quantitative estimate of drug-likeness (QED) is 0.695. The van der Waals surface area contributed by atoms with Crippen molar-refractivity contribution in [3.8, 4) is 22.2 Å². The number of rotatable bonds is 3. The van der Waals surface area contributed by atoms with Gasteiger partial charge in [0.15, 0.2) is 11.5 Å². The molecule has 6 nitrogen and oxygen atoms in total. The van der Waals surface area contributed by atoms with Gasteiger partial charge in [-0.25, -0.2) is 4.98 Å². The molecule has 2 aromatic heterocycles. The van der Waals surface area contributed by atoms with Crippen LogP contribution in [0, 0.1) is 6.92 Å². The number of anilines is 1. The number of hydrogen-bond donors (Lipinski definition) is 1. The number of nitrogens with one attached hydrogen (secondary N) is 1. The molecule has 27 heavy (non-hydrogen) atoms. The van der Waals surface area contributed by atoms with Gasteiger partial charge in [0.1, 0.15) is 9.88 Å². The molecule has 0 atom stereocenters. The predicted molar refractivity (Wildman–Crippen MR) is 105 cm³/mol. The summed E-state index contributed by atoms with van der Waals surface area (Å²) >= 11 is 7.61. The molecule has 1 aliphatic rings. The smallest absolute Gasteiger partial charge is 0.267 e. The van der Waals surface area contributed by atoms with E-state index < -0.39 is 0 Å². The average molecular weight is 402 g/mol. The van der Waals surface area contributed by atoms with Crippen molar-refractivity contribution in [2.75, 3.05) is 18.5 Å². The molecule has 0 spiro atoms. The number of benzene rings is 1. The number of aromatic nitrogens is 2. The third-order valence-corrected chi connectivity index (χ3v) is 5.46. The van der Waals surface area contributed by atoms with E-state index >= 15 is 0 Å². The first kappa shape index (κ1) is 17.8. The van der Waals surface area contributed by atoms with Crippen molar-refractivity contribution in [1.29, 1.82) is 0 Å². The standard InChI is InChI=1S/C19H16ClN3O3S/c1-11-17(27-19(22-11)13-5-2-3-6-21-13)18(24)23-14-10-16-15(9-12(14)20)25-7-4-8-26-16/h2-3,5-6,9-10H,4,7-8H2,1H3,(H,23,24). The highest BCUT2D eigenvalue weighted by Gasteiger charge is 2.20. The van der Waals surface area contributed by atoms with Crippen LogP contribution in [-0.2, 0) is 0 Å². The van der Waals surface area contributed by atoms with Gasteiger partial charge in [-0.3, -0.25) is 9.78 Å². The normalized spacial score (nSPS) is 13.1. The number of carbonyl (C=O) groups excluding carboxylic acids is 1. The number of fused-ring (bicyclic) bond motifs is 1. The van der Waals surface area contributed by atoms with Crippen LogP contribution in [0.4, 0.5) is 5.69 Å². The van der Waals surface area contributed by atoms with Gasteiger partial charge in [-0.2, -0.15) is 0 Å². The Morgan fingerprint density at radius 1 is 1.22 bits per heavy atom. The van der Waals surface area contributed by atoms with Gasteiger partial charge >= 0.3 is 0 Å². The van der Waals surface area contributed by atoms with E-state index in [1.54, 1.807) is 25.3 Å². The fourth-order valence-electron chi connectivity index (χ4n) is 2.66. The average Bonchev–Trinajstić information content (AvgIpc) is 2.92. The maximum Gasteiger partial charge on any atom is 0.267 e. The van der Waals surface area contributed by atoms with Crippen LogP contribution < -0.4 is 14.8 Å². The molecule has 0 unspecified atom stereocenters. The van der Waals surface area contributed by atoms with Gasteiger partial charge in [0.25, 0.3) is 5.91 Å². The fraction of sp³-hybridized carbons (Fsp3) is 0.211. The van der Waals surface area contributed by atoms with Crippen molar-refractivity contribution >= 4 is 34.5 Å². The Morgan fingerprint density at radius 2 is 2.00 bits per heavy atom. The van der Waals surface area contributed by atoms with Gasteiger partial charge in [0.2, 0.25) is 0 Å². The van der Waals surface area contributed by atoms with Crippen LogP contribution in [0.15, 0.2) is 36.5 Å². The van der Waals surface area contributed by atoms with Crippen molar-refractivity contribution in [2.24, 2.45) is 0 Å². The lowest BCUT2D eigenvalue weighted by molar-refractivity contribution is 0.103. The highest BCUT2D eigenvalue weighted by Crippen LogP contribution is 2.38. The lowest BCUT2D eigenvalue weighted by Crippen LogP contribution is -2.12. The topological polar surface area (TPSA) is 73.3 Å². The lowest BCUT2D eigenvalue weighted by atomic mass is 10.2. The minimum absolute atomic E-state index is 0.274. The second-order valence-corrected chi connectivity index (χ2v) is 7.34. The van der Waals surface area contributed by atoms with Crippen molar-refractivity contribution < 1.29 is 14.3 Å². The lowest BCUT2D eigenvalue weighted by Gasteiger charge is -2.12. The number of ether oxygens (including phenoxy) is 2. The number of amides is 1. The maximum atomic E-state index is 12.8. The molecular formula is C19H16ClN3O3S. The molecule has 3 heterocycles. The van der Waals surface area contributed by atoms with E-state index in [1.807, 2.05) is 18.2 Å². The first-order chi connectivity index (χ1) is 13.1. The van der Waals surface area contributed by atoms with Crippen molar-refractivity contribution in [3.63, 3.8) is 0 Å². The van der Waals surface area contributed by atoms with E-state index in [0.29, 0.717) is 51.0 Å². The van der Waals surface area contributed by atoms with Gasteiger partial charge < -0.3 is 14.8 Å². The summed E-state index contributed by atoms with van der Waals surface area (Å²) in [4.78, 5) is 22.0. The summed E-state index contributed by atoms with van der Waals surface area (Å²) in [5, 5.41) is 3.93. The van der Waals surface area contributed by atoms with E-state index in [2.05, 4.69) is 15.3 Å². The zero-order valence-corrected chi connectivity index (χ0v) is 16.1. The van der Waals surface area contributed by atoms with Gasteiger partial charge in [0, 0.05) is 24.8 Å². The van der Waals surface area contributed by atoms with Crippen molar-refractivity contribution in [2.45, 2.75) is 13.3 Å². The number of carbonyl (C=O) groups is 1. The van der Waals surface area contributed by atoms with Crippen molar-refractivity contribution in [1.82, 2.24) is 9.97 Å². The fourth-order valence-corrected chi connectivity index (χ4v) is 3.80. The zero-order chi connectivity index (χ0) is 18.8. The third-order valence-electron chi connectivity index (χ3n) is 3.97. The molecule has 1 aliphatic heterocycles. The molecular weight excluding hydrogens is 386 g/mol. The number of thiazole rings is 1. The van der Waals surface area contributed by atoms with Crippen LogP contribution in [0.25, 0.3) is 10.7 Å². The molecule has 0 saturated carbocycles. The highest BCUT2D eigenvalue weighted by molar-refractivity contribution is 7.17. The summed E-state index contributed by atoms with van der Waals surface area (Å²) < 4.78 is 11.3. The van der Waals surface area contributed by atoms with Crippen LogP contribution in [0.1, 0.15) is 21.8 Å². The molecule has 4 rings (SSSR count). The van der Waals surface area contributed by atoms with Crippen LogP contribution in [-0.4, -0.2) is 29.1 Å². The Bertz CT molecular complexity index is 991. The van der Waals surface area contributed by atoms with Gasteiger partial charge in [-0.15, -0.1) is 11.3 Å². The molecule has 1 N–H and O–H groups in total. The summed E-state index contributed by atoms with van der Waals surface area (Å²) in [6, 6.07) is 8.94. The van der Waals surface area contributed by atoms with E-state index in [-0.39, 0.29) is 5.91 Å². The summed E-state index contributed by atoms with van der Waals surface area (Å²) in [5.74, 6) is 0.882. The predicted octanol–water partition coefficient (Wildman–Crippen LogP) is 4.58. The molecule has 8 heteroatoms. The second-order valence-electron chi connectivity index (χ2n) is 5.93. The second kappa shape index (κ2) is 7.54. The third kappa shape index (κ3) is 3.74. The zero-order valence-electron chi connectivity index (χ0n) is 14.5. The number of halogens is 1. The molecule has 1 amide bonds. The molecule has 1 aromatic carbocycles. The van der Waals surface area contributed by atoms with E-state index in [1.165, 1.54) is 11.3 Å². The number of hydrogen-bond acceptors (Lipinski definition) is 6. The minimum atomic E-state index is -0.274. The first-order valence-electron chi connectivity index (χ1n) is 8.41. The van der Waals surface area contributed by atoms with Crippen LogP contribution in [0.3, 0.4) is 0 Å². The van der Waals surface area contributed by atoms with Crippen LogP contribution in [0.5, 0.6) is 11.5 Å². The van der Waals surface area contributed by atoms with E-state index in [0.717, 1.165) is 12.1 Å². The Kier molecular flexibility index (Phi) is 4.96. The monoisotopic (exact) mass is 401 g/mol. The maximum absolute atomic E-state index is 12.8. The van der Waals surface area contributed by atoms with E-state index in [4.69, 9.17) is 21.1 Å². The number of aryl methyl sites for hydroxylation is 1. The summed E-state index contributed by atoms with van der Waals surface area (Å²) in [7, 11) is 0. The summed E-state index contributed by atoms with van der Waals surface area (Å²) in [6.07, 6.45) is 2.49. The number of nitrogens with zero attached hydrogens (tertiary/aromatic N) is 2. The molecule has 0 aliphatic carbocycles. The SMILES string of the molecule is Cc1nc(-c2ccccn2)sc1C(=O)Nc1cc2c(cc1Cl)OCCCO2. The summed E-state index contributed by atoms with van der Waals surface area (Å²) in [6.45, 7) is 2.93. The molecule has 0 saturated heterocycles. The van der Waals surface area contributed by atoms with Crippen LogP contribution >= 0.6 is 22.9 Å². The van der Waals surface area contributed by atoms with Gasteiger partial charge in [0.05, 0.1) is 35.3 Å². The largest absolute Gasteiger partial charge is 0.490 e. The molecule has 138 valence electrons. The van der Waals surface area contributed by atoms with Crippen LogP contribution in [0.2, 0.25) is 5.02 Å². The molecule has 3 aromatic rings. The van der Waals surface area contributed by atoms with Gasteiger partial charge in [-0.1, -0.05) is 17.7 Å². The Balaban J connectivity index is 1.60. The molecule has 0 fully saturated rings. The Morgan fingerprint density at radius 3 is 2.74 bits per heavy atom. The van der Waals surface area contributed by atoms with E-state index in [9.17, 15) is 4.79 Å². The van der Waals surface area contributed by atoms with Crippen molar-refractivity contribution in [3.05, 3.63) is 52.1 Å². The Labute approximate surface area is 165 Å². The number of pyridine rings is 1. The van der Waals surface area contributed by atoms with Gasteiger partial charge in [-0.05, 0) is 19.1 Å². The highest BCUT2D eigenvalue weighted by atomic mass is 35.5. The molecule has 0 bridgehead atoms.